The highest BCUT2D eigenvalue weighted by molar-refractivity contribution is 5.81. The van der Waals surface area contributed by atoms with Crippen LogP contribution < -0.4 is 11.1 Å². The molecule has 0 fully saturated rings. The third-order valence-corrected chi connectivity index (χ3v) is 4.01. The summed E-state index contributed by atoms with van der Waals surface area (Å²) >= 11 is 0. The molecule has 1 heterocycles. The molecule has 3 rings (SSSR count). The number of para-hydroxylation sites is 1. The Morgan fingerprint density at radius 2 is 2.14 bits per heavy atom. The van der Waals surface area contributed by atoms with E-state index in [2.05, 4.69) is 40.3 Å². The fraction of sp³-hybridized carbons (Fsp3) is 0.353. The van der Waals surface area contributed by atoms with Gasteiger partial charge in [-0.1, -0.05) is 30.4 Å². The summed E-state index contributed by atoms with van der Waals surface area (Å²) in [5.41, 5.74) is 7.01. The molecule has 1 aromatic heterocycles. The minimum Gasteiger partial charge on any atom is -0.356 e. The second-order valence-electron chi connectivity index (χ2n) is 5.60. The van der Waals surface area contributed by atoms with E-state index in [1.54, 1.807) is 0 Å². The predicted octanol–water partition coefficient (Wildman–Crippen LogP) is 2.05. The number of carbonyl (C=O) groups excluding carboxylic acids is 1. The number of aryl methyl sites for hydroxylation is 1. The molecule has 0 saturated heterocycles. The van der Waals surface area contributed by atoms with Gasteiger partial charge in [0, 0.05) is 30.8 Å². The highest BCUT2D eigenvalue weighted by Crippen LogP contribution is 2.17. The molecule has 2 unspecified atom stereocenters. The van der Waals surface area contributed by atoms with Gasteiger partial charge < -0.3 is 15.6 Å². The summed E-state index contributed by atoms with van der Waals surface area (Å²) in [4.78, 5) is 11.9. The molecule has 0 radical (unpaired) electrons. The standard InChI is InChI=1S/C17H21N3O/c18-15-7-6-14(12-15)17(21)19-9-3-10-20-11-8-13-4-1-2-5-16(13)20/h1-2,4-8,11,14-15H,3,9-10,12,18H2,(H,19,21). The van der Waals surface area contributed by atoms with Crippen molar-refractivity contribution in [1.82, 2.24) is 9.88 Å². The summed E-state index contributed by atoms with van der Waals surface area (Å²) in [5, 5.41) is 4.25. The molecule has 4 nitrogen and oxygen atoms in total. The van der Waals surface area contributed by atoms with E-state index in [0.717, 1.165) is 19.4 Å². The number of nitrogens with zero attached hydrogens (tertiary/aromatic N) is 1. The van der Waals surface area contributed by atoms with Gasteiger partial charge in [-0.2, -0.15) is 0 Å². The molecule has 1 aromatic carbocycles. The van der Waals surface area contributed by atoms with Crippen LogP contribution in [0.5, 0.6) is 0 Å². The smallest absolute Gasteiger partial charge is 0.226 e. The van der Waals surface area contributed by atoms with Gasteiger partial charge in [0.2, 0.25) is 5.91 Å². The van der Waals surface area contributed by atoms with Crippen molar-refractivity contribution in [3.8, 4) is 0 Å². The van der Waals surface area contributed by atoms with E-state index in [1.165, 1.54) is 10.9 Å². The summed E-state index contributed by atoms with van der Waals surface area (Å²) in [6.45, 7) is 1.61. The topological polar surface area (TPSA) is 60.1 Å². The van der Waals surface area contributed by atoms with Gasteiger partial charge >= 0.3 is 0 Å². The molecule has 1 aliphatic rings. The van der Waals surface area contributed by atoms with Crippen LogP contribution in [0.25, 0.3) is 10.9 Å². The number of nitrogens with two attached hydrogens (primary N) is 1. The van der Waals surface area contributed by atoms with Gasteiger partial charge in [-0.25, -0.2) is 0 Å². The van der Waals surface area contributed by atoms with Crippen LogP contribution >= 0.6 is 0 Å². The van der Waals surface area contributed by atoms with Crippen LogP contribution in [0.4, 0.5) is 0 Å². The Morgan fingerprint density at radius 1 is 1.29 bits per heavy atom. The minimum atomic E-state index is -0.0487. The van der Waals surface area contributed by atoms with E-state index >= 15 is 0 Å². The van der Waals surface area contributed by atoms with Gasteiger partial charge in [0.15, 0.2) is 0 Å². The molecular formula is C17H21N3O. The maximum atomic E-state index is 11.9. The number of carbonyl (C=O) groups is 1. The normalized spacial score (nSPS) is 21.0. The number of rotatable bonds is 5. The first-order valence-corrected chi connectivity index (χ1v) is 7.49. The average Bonchev–Trinajstić information content (AvgIpc) is 3.10. The zero-order valence-corrected chi connectivity index (χ0v) is 12.0. The number of hydrogen-bond acceptors (Lipinski definition) is 2. The number of hydrogen-bond donors (Lipinski definition) is 2. The number of aromatic nitrogens is 1. The number of fused-ring (bicyclic) bond motifs is 1. The van der Waals surface area contributed by atoms with Crippen LogP contribution in [-0.2, 0) is 11.3 Å². The van der Waals surface area contributed by atoms with E-state index in [0.29, 0.717) is 6.54 Å². The van der Waals surface area contributed by atoms with Gasteiger partial charge in [0.25, 0.3) is 0 Å². The van der Waals surface area contributed by atoms with Crippen LogP contribution in [0.1, 0.15) is 12.8 Å². The second kappa shape index (κ2) is 6.14. The lowest BCUT2D eigenvalue weighted by atomic mass is 10.1. The molecule has 2 atom stereocenters. The molecule has 0 bridgehead atoms. The predicted molar refractivity (Wildman–Crippen MR) is 84.8 cm³/mol. The van der Waals surface area contributed by atoms with Crippen LogP contribution in [-0.4, -0.2) is 23.1 Å². The fourth-order valence-electron chi connectivity index (χ4n) is 2.85. The molecule has 3 N–H and O–H groups in total. The summed E-state index contributed by atoms with van der Waals surface area (Å²) in [6.07, 6.45) is 7.59. The lowest BCUT2D eigenvalue weighted by Crippen LogP contribution is -2.31. The number of benzene rings is 1. The van der Waals surface area contributed by atoms with Crippen LogP contribution in [0, 0.1) is 5.92 Å². The van der Waals surface area contributed by atoms with E-state index in [9.17, 15) is 4.79 Å². The van der Waals surface area contributed by atoms with Crippen molar-refractivity contribution in [2.24, 2.45) is 11.7 Å². The van der Waals surface area contributed by atoms with Gasteiger partial charge in [-0.3, -0.25) is 4.79 Å². The highest BCUT2D eigenvalue weighted by atomic mass is 16.1. The monoisotopic (exact) mass is 283 g/mol. The summed E-state index contributed by atoms with van der Waals surface area (Å²) in [6, 6.07) is 10.5. The van der Waals surface area contributed by atoms with Gasteiger partial charge in [-0.05, 0) is 30.4 Å². The molecule has 0 saturated carbocycles. The Morgan fingerprint density at radius 3 is 2.95 bits per heavy atom. The first kappa shape index (κ1) is 13.9. The quantitative estimate of drug-likeness (QED) is 0.652. The molecule has 2 aromatic rings. The summed E-state index contributed by atoms with van der Waals surface area (Å²) in [7, 11) is 0. The second-order valence-corrected chi connectivity index (χ2v) is 5.60. The average molecular weight is 283 g/mol. The van der Waals surface area contributed by atoms with Crippen LogP contribution in [0.15, 0.2) is 48.7 Å². The van der Waals surface area contributed by atoms with Gasteiger partial charge in [0.1, 0.15) is 0 Å². The SMILES string of the molecule is NC1C=CC(C(=O)NCCCn2ccc3ccccc32)C1. The first-order valence-electron chi connectivity index (χ1n) is 7.49. The van der Waals surface area contributed by atoms with Crippen molar-refractivity contribution in [1.29, 1.82) is 0 Å². The van der Waals surface area contributed by atoms with E-state index in [-0.39, 0.29) is 17.9 Å². The Labute approximate surface area is 124 Å². The van der Waals surface area contributed by atoms with E-state index in [1.807, 2.05) is 18.2 Å². The molecular weight excluding hydrogens is 262 g/mol. The van der Waals surface area contributed by atoms with Crippen molar-refractivity contribution in [2.75, 3.05) is 6.54 Å². The largest absolute Gasteiger partial charge is 0.356 e. The Kier molecular flexibility index (Phi) is 4.06. The van der Waals surface area contributed by atoms with Gasteiger partial charge in [-0.15, -0.1) is 0 Å². The van der Waals surface area contributed by atoms with Gasteiger partial charge in [0.05, 0.1) is 5.92 Å². The maximum absolute atomic E-state index is 11.9. The Balaban J connectivity index is 1.46. The Bertz CT molecular complexity index is 659. The molecule has 21 heavy (non-hydrogen) atoms. The molecule has 1 aliphatic carbocycles. The van der Waals surface area contributed by atoms with Crippen molar-refractivity contribution in [2.45, 2.75) is 25.4 Å². The minimum absolute atomic E-state index is 0.0342. The Hall–Kier alpha value is -2.07. The van der Waals surface area contributed by atoms with Crippen LogP contribution in [0.2, 0.25) is 0 Å². The third-order valence-electron chi connectivity index (χ3n) is 4.01. The molecule has 1 amide bonds. The zero-order chi connectivity index (χ0) is 14.7. The van der Waals surface area contributed by atoms with Crippen molar-refractivity contribution in [3.05, 3.63) is 48.7 Å². The van der Waals surface area contributed by atoms with Crippen molar-refractivity contribution >= 4 is 16.8 Å². The molecule has 0 aliphatic heterocycles. The maximum Gasteiger partial charge on any atom is 0.226 e. The first-order chi connectivity index (χ1) is 10.2. The summed E-state index contributed by atoms with van der Waals surface area (Å²) in [5.74, 6) is 0.0453. The summed E-state index contributed by atoms with van der Waals surface area (Å²) < 4.78 is 2.23. The highest BCUT2D eigenvalue weighted by Gasteiger charge is 2.21. The van der Waals surface area contributed by atoms with Crippen molar-refractivity contribution < 1.29 is 4.79 Å². The number of nitrogens with one attached hydrogen (secondary N) is 1. The van der Waals surface area contributed by atoms with Crippen molar-refractivity contribution in [3.63, 3.8) is 0 Å². The molecule has 0 spiro atoms. The lowest BCUT2D eigenvalue weighted by molar-refractivity contribution is -0.123. The molecule has 110 valence electrons. The fourth-order valence-corrected chi connectivity index (χ4v) is 2.85. The van der Waals surface area contributed by atoms with Crippen LogP contribution in [0.3, 0.4) is 0 Å². The number of amides is 1. The van der Waals surface area contributed by atoms with E-state index in [4.69, 9.17) is 5.73 Å². The lowest BCUT2D eigenvalue weighted by Gasteiger charge is -2.11. The van der Waals surface area contributed by atoms with E-state index < -0.39 is 0 Å². The molecule has 4 heteroatoms. The zero-order valence-electron chi connectivity index (χ0n) is 12.0. The third kappa shape index (κ3) is 3.16.